The van der Waals surface area contributed by atoms with Crippen LogP contribution in [0, 0.1) is 5.41 Å². The summed E-state index contributed by atoms with van der Waals surface area (Å²) in [6, 6.07) is 8.75. The molecule has 3 N–H and O–H groups in total. The molecule has 2 aromatic rings. The zero-order chi connectivity index (χ0) is 15.6. The normalized spacial score (nSPS) is 17.3. The van der Waals surface area contributed by atoms with Gasteiger partial charge in [-0.15, -0.1) is 0 Å². The SMILES string of the molecule is CC1(CNC(=O)c2cc(=O)[nH]c3ccccc23)CCNCC1. The molecule has 1 fully saturated rings. The lowest BCUT2D eigenvalue weighted by atomic mass is 9.81. The fraction of sp³-hybridized carbons (Fsp3) is 0.412. The van der Waals surface area contributed by atoms with Crippen LogP contribution in [-0.2, 0) is 0 Å². The highest BCUT2D eigenvalue weighted by Crippen LogP contribution is 2.27. The van der Waals surface area contributed by atoms with Crippen molar-refractivity contribution < 1.29 is 4.79 Å². The van der Waals surface area contributed by atoms with Gasteiger partial charge in [-0.1, -0.05) is 25.1 Å². The maximum atomic E-state index is 12.5. The van der Waals surface area contributed by atoms with E-state index in [2.05, 4.69) is 22.5 Å². The van der Waals surface area contributed by atoms with Crippen LogP contribution in [0.1, 0.15) is 30.1 Å². The average Bonchev–Trinajstić information content (AvgIpc) is 2.52. The summed E-state index contributed by atoms with van der Waals surface area (Å²) in [5.74, 6) is -0.179. The summed E-state index contributed by atoms with van der Waals surface area (Å²) in [5.41, 5.74) is 1.000. The van der Waals surface area contributed by atoms with Gasteiger partial charge in [-0.3, -0.25) is 9.59 Å². The van der Waals surface area contributed by atoms with E-state index in [4.69, 9.17) is 0 Å². The number of para-hydroxylation sites is 1. The number of nitrogens with one attached hydrogen (secondary N) is 3. The third kappa shape index (κ3) is 3.04. The van der Waals surface area contributed by atoms with E-state index >= 15 is 0 Å². The molecule has 0 spiro atoms. The highest BCUT2D eigenvalue weighted by Gasteiger charge is 2.27. The van der Waals surface area contributed by atoms with Crippen LogP contribution >= 0.6 is 0 Å². The first-order valence-electron chi connectivity index (χ1n) is 7.68. The van der Waals surface area contributed by atoms with Gasteiger partial charge in [0.05, 0.1) is 5.56 Å². The molecule has 2 heterocycles. The number of pyridine rings is 1. The number of piperidine rings is 1. The van der Waals surface area contributed by atoms with Crippen LogP contribution in [0.5, 0.6) is 0 Å². The highest BCUT2D eigenvalue weighted by atomic mass is 16.2. The number of benzene rings is 1. The number of fused-ring (bicyclic) bond motifs is 1. The fourth-order valence-electron chi connectivity index (χ4n) is 2.99. The smallest absolute Gasteiger partial charge is 0.252 e. The number of hydrogen-bond donors (Lipinski definition) is 3. The van der Waals surface area contributed by atoms with Crippen molar-refractivity contribution in [2.75, 3.05) is 19.6 Å². The lowest BCUT2D eigenvalue weighted by Gasteiger charge is -2.34. The zero-order valence-corrected chi connectivity index (χ0v) is 12.7. The zero-order valence-electron chi connectivity index (χ0n) is 12.7. The Hall–Kier alpha value is -2.14. The van der Waals surface area contributed by atoms with Gasteiger partial charge in [0.15, 0.2) is 0 Å². The monoisotopic (exact) mass is 299 g/mol. The maximum absolute atomic E-state index is 12.5. The van der Waals surface area contributed by atoms with Crippen LogP contribution in [0.2, 0.25) is 0 Å². The number of hydrogen-bond acceptors (Lipinski definition) is 3. The minimum atomic E-state index is -0.253. The molecular weight excluding hydrogens is 278 g/mol. The van der Waals surface area contributed by atoms with E-state index in [-0.39, 0.29) is 16.9 Å². The number of H-pyrrole nitrogens is 1. The molecule has 1 aliphatic heterocycles. The van der Waals surface area contributed by atoms with Crippen molar-refractivity contribution in [3.63, 3.8) is 0 Å². The summed E-state index contributed by atoms with van der Waals surface area (Å²) in [5, 5.41) is 7.11. The molecular formula is C17H21N3O2. The summed E-state index contributed by atoms with van der Waals surface area (Å²) in [6.45, 7) is 4.80. The van der Waals surface area contributed by atoms with Gasteiger partial charge >= 0.3 is 0 Å². The predicted molar refractivity (Wildman–Crippen MR) is 87.1 cm³/mol. The molecule has 5 heteroatoms. The molecule has 0 bridgehead atoms. The van der Waals surface area contributed by atoms with Gasteiger partial charge in [-0.25, -0.2) is 0 Å². The second-order valence-corrected chi connectivity index (χ2v) is 6.34. The van der Waals surface area contributed by atoms with Gasteiger partial charge < -0.3 is 15.6 Å². The summed E-state index contributed by atoms with van der Waals surface area (Å²) in [4.78, 5) is 27.0. The van der Waals surface area contributed by atoms with Crippen molar-refractivity contribution in [1.82, 2.24) is 15.6 Å². The van der Waals surface area contributed by atoms with Crippen LogP contribution < -0.4 is 16.2 Å². The van der Waals surface area contributed by atoms with Crippen LogP contribution in [0.15, 0.2) is 35.1 Å². The third-order valence-corrected chi connectivity index (χ3v) is 4.48. The molecule has 5 nitrogen and oxygen atoms in total. The van der Waals surface area contributed by atoms with E-state index in [9.17, 15) is 9.59 Å². The molecule has 3 rings (SSSR count). The second-order valence-electron chi connectivity index (χ2n) is 6.34. The quantitative estimate of drug-likeness (QED) is 0.807. The highest BCUT2D eigenvalue weighted by molar-refractivity contribution is 6.05. The minimum Gasteiger partial charge on any atom is -0.351 e. The lowest BCUT2D eigenvalue weighted by molar-refractivity contribution is 0.0924. The summed E-state index contributed by atoms with van der Waals surface area (Å²) < 4.78 is 0. The third-order valence-electron chi connectivity index (χ3n) is 4.48. The number of amides is 1. The van der Waals surface area contributed by atoms with Crippen molar-refractivity contribution in [2.45, 2.75) is 19.8 Å². The van der Waals surface area contributed by atoms with E-state index in [1.54, 1.807) is 0 Å². The Bertz CT molecular complexity index is 745. The molecule has 1 aliphatic rings. The van der Waals surface area contributed by atoms with Crippen molar-refractivity contribution in [1.29, 1.82) is 0 Å². The summed E-state index contributed by atoms with van der Waals surface area (Å²) in [6.07, 6.45) is 2.09. The largest absolute Gasteiger partial charge is 0.351 e. The van der Waals surface area contributed by atoms with Crippen LogP contribution in [0.4, 0.5) is 0 Å². The molecule has 1 saturated heterocycles. The van der Waals surface area contributed by atoms with Gasteiger partial charge in [0.2, 0.25) is 5.56 Å². The van der Waals surface area contributed by atoms with E-state index in [1.807, 2.05) is 24.3 Å². The first-order valence-corrected chi connectivity index (χ1v) is 7.68. The molecule has 0 unspecified atom stereocenters. The molecule has 1 aromatic heterocycles. The van der Waals surface area contributed by atoms with Gasteiger partial charge in [0.1, 0.15) is 0 Å². The number of rotatable bonds is 3. The van der Waals surface area contributed by atoms with Crippen molar-refractivity contribution in [2.24, 2.45) is 5.41 Å². The Labute approximate surface area is 129 Å². The van der Waals surface area contributed by atoms with Crippen molar-refractivity contribution in [3.8, 4) is 0 Å². The first kappa shape index (κ1) is 14.8. The van der Waals surface area contributed by atoms with Gasteiger partial charge in [-0.2, -0.15) is 0 Å². The van der Waals surface area contributed by atoms with E-state index in [0.29, 0.717) is 17.6 Å². The summed E-state index contributed by atoms with van der Waals surface area (Å²) in [7, 11) is 0. The molecule has 116 valence electrons. The van der Waals surface area contributed by atoms with Gasteiger partial charge in [0, 0.05) is 23.5 Å². The number of carbonyl (C=O) groups excluding carboxylic acids is 1. The average molecular weight is 299 g/mol. The van der Waals surface area contributed by atoms with Crippen LogP contribution in [0.3, 0.4) is 0 Å². The Kier molecular flexibility index (Phi) is 3.98. The minimum absolute atomic E-state index is 0.123. The Balaban J connectivity index is 1.82. The fourth-order valence-corrected chi connectivity index (χ4v) is 2.99. The molecule has 1 amide bonds. The Morgan fingerprint density at radius 1 is 1.27 bits per heavy atom. The Morgan fingerprint density at radius 3 is 2.77 bits per heavy atom. The van der Waals surface area contributed by atoms with Crippen molar-refractivity contribution in [3.05, 3.63) is 46.2 Å². The Morgan fingerprint density at radius 2 is 2.00 bits per heavy atom. The van der Waals surface area contributed by atoms with E-state index < -0.39 is 0 Å². The molecule has 0 aliphatic carbocycles. The summed E-state index contributed by atoms with van der Waals surface area (Å²) >= 11 is 0. The number of carbonyl (C=O) groups is 1. The second kappa shape index (κ2) is 5.93. The maximum Gasteiger partial charge on any atom is 0.252 e. The van der Waals surface area contributed by atoms with E-state index in [0.717, 1.165) is 31.3 Å². The number of aromatic amines is 1. The number of aromatic nitrogens is 1. The predicted octanol–water partition coefficient (Wildman–Crippen LogP) is 1.65. The molecule has 0 saturated carbocycles. The van der Waals surface area contributed by atoms with Crippen molar-refractivity contribution >= 4 is 16.8 Å². The van der Waals surface area contributed by atoms with Gasteiger partial charge in [-0.05, 0) is 37.4 Å². The van der Waals surface area contributed by atoms with Gasteiger partial charge in [0.25, 0.3) is 5.91 Å². The van der Waals surface area contributed by atoms with Crippen LogP contribution in [-0.4, -0.2) is 30.5 Å². The first-order chi connectivity index (χ1) is 10.6. The van der Waals surface area contributed by atoms with E-state index in [1.165, 1.54) is 6.07 Å². The van der Waals surface area contributed by atoms with Crippen LogP contribution in [0.25, 0.3) is 10.9 Å². The molecule has 0 radical (unpaired) electrons. The molecule has 0 atom stereocenters. The topological polar surface area (TPSA) is 74.0 Å². The standard InChI is InChI=1S/C17H21N3O2/c1-17(6-8-18-9-7-17)11-19-16(22)13-10-15(21)20-14-5-3-2-4-12(13)14/h2-5,10,18H,6-9,11H2,1H3,(H,19,22)(H,20,21). The lowest BCUT2D eigenvalue weighted by Crippen LogP contribution is -2.43. The molecule has 1 aromatic carbocycles. The molecule has 22 heavy (non-hydrogen) atoms.